The van der Waals surface area contributed by atoms with Crippen LogP contribution in [-0.2, 0) is 19.6 Å². The molecule has 8 nitrogen and oxygen atoms in total. The fourth-order valence-corrected chi connectivity index (χ4v) is 9.41. The van der Waals surface area contributed by atoms with Gasteiger partial charge >= 0.3 is 21.3 Å². The number of halogens is 2. The predicted molar refractivity (Wildman–Crippen MR) is 114 cm³/mol. The molecule has 34 heavy (non-hydrogen) atoms. The van der Waals surface area contributed by atoms with E-state index < -0.39 is 55.1 Å². The van der Waals surface area contributed by atoms with Crippen LogP contribution < -0.4 is 0 Å². The van der Waals surface area contributed by atoms with Crippen LogP contribution in [-0.4, -0.2) is 57.0 Å². The number of alkyl halides is 2. The third kappa shape index (κ3) is 3.26. The van der Waals surface area contributed by atoms with E-state index in [1.54, 1.807) is 0 Å². The van der Waals surface area contributed by atoms with Crippen LogP contribution in [0.15, 0.2) is 0 Å². The number of aliphatic hydroxyl groups excluding tert-OH is 1. The molecular formula is C23H34F2O8S. The molecule has 3 unspecified atom stereocenters. The molecule has 6 aliphatic carbocycles. The first-order chi connectivity index (χ1) is 15.6. The van der Waals surface area contributed by atoms with E-state index in [1.807, 2.05) is 0 Å². The van der Waals surface area contributed by atoms with Gasteiger partial charge in [-0.2, -0.15) is 17.2 Å². The minimum Gasteiger partial charge on any atom is -0.427 e. The average molecular weight is 509 g/mol. The maximum absolute atomic E-state index is 14.0. The average Bonchev–Trinajstić information content (AvgIpc) is 3.37. The Bertz CT molecular complexity index is 931. The van der Waals surface area contributed by atoms with Gasteiger partial charge in [-0.15, -0.1) is 0 Å². The van der Waals surface area contributed by atoms with Crippen LogP contribution in [0.4, 0.5) is 8.78 Å². The molecule has 6 fully saturated rings. The van der Waals surface area contributed by atoms with E-state index in [1.165, 1.54) is 0 Å². The Kier molecular flexibility index (Phi) is 5.35. The number of carbonyl (C=O) groups is 1. The summed E-state index contributed by atoms with van der Waals surface area (Å²) < 4.78 is 63.5. The summed E-state index contributed by atoms with van der Waals surface area (Å²) >= 11 is 0. The van der Waals surface area contributed by atoms with E-state index in [2.05, 4.69) is 4.74 Å². The Labute approximate surface area is 197 Å². The lowest BCUT2D eigenvalue weighted by atomic mass is 9.34. The highest BCUT2D eigenvalue weighted by atomic mass is 32.2. The van der Waals surface area contributed by atoms with Gasteiger partial charge in [0.05, 0.1) is 16.6 Å². The van der Waals surface area contributed by atoms with Gasteiger partial charge in [0.15, 0.2) is 0 Å². The highest BCUT2D eigenvalue weighted by molar-refractivity contribution is 7.86. The lowest BCUT2D eigenvalue weighted by Gasteiger charge is -2.71. The predicted octanol–water partition coefficient (Wildman–Crippen LogP) is 2.90. The molecule has 0 spiro atoms. The van der Waals surface area contributed by atoms with Crippen LogP contribution in [0.3, 0.4) is 0 Å². The van der Waals surface area contributed by atoms with Crippen molar-refractivity contribution in [2.75, 3.05) is 0 Å². The zero-order valence-electron chi connectivity index (χ0n) is 19.1. The Morgan fingerprint density at radius 3 is 1.74 bits per heavy atom. The molecule has 0 heterocycles. The molecule has 4 N–H and O–H groups in total. The zero-order valence-corrected chi connectivity index (χ0v) is 20.0. The summed E-state index contributed by atoms with van der Waals surface area (Å²) in [5, 5.41) is 28.3. The number of aliphatic hydroxyl groups is 3. The lowest BCUT2D eigenvalue weighted by molar-refractivity contribution is -0.281. The van der Waals surface area contributed by atoms with Crippen molar-refractivity contribution in [3.63, 3.8) is 0 Å². The van der Waals surface area contributed by atoms with E-state index in [-0.39, 0.29) is 18.8 Å². The van der Waals surface area contributed by atoms with Crippen LogP contribution in [0.2, 0.25) is 0 Å². The number of esters is 1. The van der Waals surface area contributed by atoms with Crippen molar-refractivity contribution < 1.29 is 46.6 Å². The van der Waals surface area contributed by atoms with E-state index in [0.717, 1.165) is 25.7 Å². The van der Waals surface area contributed by atoms with Crippen LogP contribution >= 0.6 is 0 Å². The topological polar surface area (TPSA) is 141 Å². The number of rotatable bonds is 6. The van der Waals surface area contributed by atoms with Gasteiger partial charge < -0.3 is 20.1 Å². The van der Waals surface area contributed by atoms with Crippen molar-refractivity contribution in [2.45, 2.75) is 113 Å². The second-order valence-electron chi connectivity index (χ2n) is 12.1. The van der Waals surface area contributed by atoms with E-state index >= 15 is 0 Å². The number of hydrogen-bond acceptors (Lipinski definition) is 7. The SMILES string of the molecule is O=C(OC(O)C(F)(F)S(=O)(=O)O)C12CC3CC(C4(O)CCCC4)(C1)CC(C1(O)CCCC1)(C3)C2. The van der Waals surface area contributed by atoms with Crippen LogP contribution in [0, 0.1) is 22.2 Å². The molecule has 0 amide bonds. The molecule has 11 heteroatoms. The summed E-state index contributed by atoms with van der Waals surface area (Å²) in [6.45, 7) is 0. The third-order valence-corrected chi connectivity index (χ3v) is 11.1. The maximum atomic E-state index is 14.0. The van der Waals surface area contributed by atoms with Crippen LogP contribution in [0.5, 0.6) is 0 Å². The number of ether oxygens (including phenoxy) is 1. The van der Waals surface area contributed by atoms with Crippen LogP contribution in [0.1, 0.15) is 89.9 Å². The van der Waals surface area contributed by atoms with E-state index in [0.29, 0.717) is 51.4 Å². The van der Waals surface area contributed by atoms with Gasteiger partial charge in [-0.1, -0.05) is 25.7 Å². The van der Waals surface area contributed by atoms with Gasteiger partial charge in [-0.05, 0) is 70.1 Å². The van der Waals surface area contributed by atoms with Crippen molar-refractivity contribution in [1.82, 2.24) is 0 Å². The van der Waals surface area contributed by atoms with Gasteiger partial charge in [0.1, 0.15) is 0 Å². The van der Waals surface area contributed by atoms with Gasteiger partial charge in [0, 0.05) is 10.8 Å². The molecule has 0 saturated heterocycles. The van der Waals surface area contributed by atoms with Crippen molar-refractivity contribution in [3.05, 3.63) is 0 Å². The summed E-state index contributed by atoms with van der Waals surface area (Å²) in [6, 6.07) is 0. The minimum atomic E-state index is -6.01. The Morgan fingerprint density at radius 1 is 0.882 bits per heavy atom. The largest absolute Gasteiger partial charge is 0.430 e. The molecule has 0 aliphatic heterocycles. The normalized spacial score (nSPS) is 41.5. The van der Waals surface area contributed by atoms with Gasteiger partial charge in [-0.25, -0.2) is 0 Å². The van der Waals surface area contributed by atoms with E-state index in [9.17, 15) is 37.3 Å². The highest BCUT2D eigenvalue weighted by Crippen LogP contribution is 2.77. The fraction of sp³-hybridized carbons (Fsp3) is 0.957. The molecule has 6 aliphatic rings. The Morgan fingerprint density at radius 2 is 1.32 bits per heavy atom. The van der Waals surface area contributed by atoms with Crippen molar-refractivity contribution in [2.24, 2.45) is 22.2 Å². The molecular weight excluding hydrogens is 474 g/mol. The molecule has 0 aromatic heterocycles. The molecule has 4 bridgehead atoms. The first-order valence-corrected chi connectivity index (χ1v) is 13.7. The molecule has 6 rings (SSSR count). The van der Waals surface area contributed by atoms with Gasteiger partial charge in [0.25, 0.3) is 6.29 Å². The second-order valence-corrected chi connectivity index (χ2v) is 13.6. The Balaban J connectivity index is 1.54. The number of carbonyl (C=O) groups excluding carboxylic acids is 1. The minimum absolute atomic E-state index is 0.0303. The summed E-state index contributed by atoms with van der Waals surface area (Å²) in [5.41, 5.74) is -4.76. The molecule has 0 radical (unpaired) electrons. The third-order valence-electron chi connectivity index (χ3n) is 10.2. The quantitative estimate of drug-likeness (QED) is 0.244. The first-order valence-electron chi connectivity index (χ1n) is 12.3. The molecule has 6 saturated carbocycles. The summed E-state index contributed by atoms with van der Waals surface area (Å²) in [7, 11) is -6.01. The summed E-state index contributed by atoms with van der Waals surface area (Å²) in [5.74, 6) is -1.18. The van der Waals surface area contributed by atoms with Gasteiger partial charge in [0.2, 0.25) is 0 Å². The molecule has 194 valence electrons. The fourth-order valence-electron chi connectivity index (χ4n) is 9.11. The Hall–Kier alpha value is -0.880. The lowest BCUT2D eigenvalue weighted by Crippen LogP contribution is -2.70. The number of hydrogen-bond donors (Lipinski definition) is 4. The van der Waals surface area contributed by atoms with E-state index in [4.69, 9.17) is 4.55 Å². The summed E-state index contributed by atoms with van der Waals surface area (Å²) in [6.07, 6.45) is 4.91. The first kappa shape index (κ1) is 24.8. The molecule has 0 aromatic carbocycles. The highest BCUT2D eigenvalue weighted by Gasteiger charge is 2.74. The zero-order chi connectivity index (χ0) is 24.8. The van der Waals surface area contributed by atoms with Crippen molar-refractivity contribution in [3.8, 4) is 0 Å². The second kappa shape index (κ2) is 7.34. The molecule has 3 atom stereocenters. The molecule has 0 aromatic rings. The smallest absolute Gasteiger partial charge is 0.427 e. The van der Waals surface area contributed by atoms with Crippen molar-refractivity contribution >= 4 is 16.1 Å². The van der Waals surface area contributed by atoms with Crippen LogP contribution in [0.25, 0.3) is 0 Å². The standard InChI is InChI=1S/C23H34F2O8S/c24-23(25,34(30,31)32)17(27)33-16(26)18-9-15-10-19(12-18,21(28)5-1-2-6-21)14-20(11-15,13-18)22(29)7-3-4-8-22/h15,17,27-29H,1-14H2,(H,30,31,32). The van der Waals surface area contributed by atoms with Crippen molar-refractivity contribution in [1.29, 1.82) is 0 Å². The van der Waals surface area contributed by atoms with Gasteiger partial charge in [-0.3, -0.25) is 9.35 Å². The summed E-state index contributed by atoms with van der Waals surface area (Å²) in [4.78, 5) is 13.4. The monoisotopic (exact) mass is 508 g/mol. The maximum Gasteiger partial charge on any atom is 0.430 e.